The third-order valence-corrected chi connectivity index (χ3v) is 5.21. The number of aryl methyl sites for hydroxylation is 1. The first kappa shape index (κ1) is 18.7. The summed E-state index contributed by atoms with van der Waals surface area (Å²) in [7, 11) is 0. The van der Waals surface area contributed by atoms with Crippen LogP contribution in [0.5, 0.6) is 0 Å². The topological polar surface area (TPSA) is 94.3 Å². The number of anilines is 2. The molecule has 1 saturated heterocycles. The van der Waals surface area contributed by atoms with Gasteiger partial charge in [0.15, 0.2) is 5.13 Å². The Hall–Kier alpha value is -2.05. The van der Waals surface area contributed by atoms with Gasteiger partial charge in [-0.2, -0.15) is 5.26 Å². The SMILES string of the molecule is Cc1nc(Nc2ncc(C#N)s2)ccc1C[C@@H]1COCCN(CCO)C1. The lowest BCUT2D eigenvalue weighted by molar-refractivity contribution is 0.121. The van der Waals surface area contributed by atoms with E-state index < -0.39 is 0 Å². The van der Waals surface area contributed by atoms with E-state index in [-0.39, 0.29) is 6.61 Å². The van der Waals surface area contributed by atoms with E-state index in [0.29, 0.717) is 22.5 Å². The highest BCUT2D eigenvalue weighted by atomic mass is 32.1. The van der Waals surface area contributed by atoms with Crippen LogP contribution in [0.3, 0.4) is 0 Å². The Bertz CT molecular complexity index is 773. The molecule has 0 aliphatic carbocycles. The minimum atomic E-state index is 0.179. The first-order chi connectivity index (χ1) is 12.7. The van der Waals surface area contributed by atoms with Gasteiger partial charge in [0.2, 0.25) is 0 Å². The summed E-state index contributed by atoms with van der Waals surface area (Å²) in [6.07, 6.45) is 2.45. The third kappa shape index (κ3) is 4.99. The molecule has 7 nitrogen and oxygen atoms in total. The Morgan fingerprint density at radius 3 is 3.12 bits per heavy atom. The number of thiazole rings is 1. The number of β-amino-alcohol motifs (C(OH)–C–C–N with tert-alkyl or cyclic N) is 1. The van der Waals surface area contributed by atoms with Crippen LogP contribution in [0.2, 0.25) is 0 Å². The molecule has 0 spiro atoms. The number of nitrogens with zero attached hydrogens (tertiary/aromatic N) is 4. The molecule has 0 unspecified atom stereocenters. The van der Waals surface area contributed by atoms with Crippen molar-refractivity contribution in [3.05, 3.63) is 34.5 Å². The molecule has 2 N–H and O–H groups in total. The molecule has 0 bridgehead atoms. The summed E-state index contributed by atoms with van der Waals surface area (Å²) in [5.74, 6) is 1.12. The smallest absolute Gasteiger partial charge is 0.189 e. The van der Waals surface area contributed by atoms with Crippen LogP contribution < -0.4 is 5.32 Å². The van der Waals surface area contributed by atoms with Crippen LogP contribution in [0.4, 0.5) is 10.9 Å². The van der Waals surface area contributed by atoms with Crippen LogP contribution in [0.25, 0.3) is 0 Å². The summed E-state index contributed by atoms with van der Waals surface area (Å²) in [5.41, 5.74) is 2.18. The minimum Gasteiger partial charge on any atom is -0.395 e. The van der Waals surface area contributed by atoms with Crippen LogP contribution in [0.1, 0.15) is 16.1 Å². The summed E-state index contributed by atoms with van der Waals surface area (Å²) in [5, 5.41) is 21.9. The normalized spacial score (nSPS) is 18.3. The van der Waals surface area contributed by atoms with Gasteiger partial charge >= 0.3 is 0 Å². The average Bonchev–Trinajstić information content (AvgIpc) is 2.96. The van der Waals surface area contributed by atoms with Crippen molar-refractivity contribution in [2.24, 2.45) is 5.92 Å². The molecule has 0 radical (unpaired) electrons. The fraction of sp³-hybridized carbons (Fsp3) is 0.500. The predicted octanol–water partition coefficient (Wildman–Crippen LogP) is 1.94. The van der Waals surface area contributed by atoms with Crippen molar-refractivity contribution in [1.29, 1.82) is 5.26 Å². The average molecular weight is 373 g/mol. The van der Waals surface area contributed by atoms with Gasteiger partial charge in [0.1, 0.15) is 16.8 Å². The molecular formula is C18H23N5O2S. The number of ether oxygens (including phenoxy) is 1. The second kappa shape index (κ2) is 9.05. The zero-order valence-corrected chi connectivity index (χ0v) is 15.6. The van der Waals surface area contributed by atoms with Gasteiger partial charge in [0.05, 0.1) is 26.0 Å². The molecular weight excluding hydrogens is 350 g/mol. The van der Waals surface area contributed by atoms with E-state index >= 15 is 0 Å². The highest BCUT2D eigenvalue weighted by Gasteiger charge is 2.19. The number of aliphatic hydroxyl groups is 1. The van der Waals surface area contributed by atoms with Gasteiger partial charge in [-0.15, -0.1) is 0 Å². The van der Waals surface area contributed by atoms with Crippen molar-refractivity contribution in [2.75, 3.05) is 44.8 Å². The van der Waals surface area contributed by atoms with Gasteiger partial charge in [0, 0.05) is 25.3 Å². The maximum Gasteiger partial charge on any atom is 0.189 e. The molecule has 0 saturated carbocycles. The highest BCUT2D eigenvalue weighted by molar-refractivity contribution is 7.16. The molecule has 2 aromatic rings. The van der Waals surface area contributed by atoms with Gasteiger partial charge in [-0.3, -0.25) is 4.90 Å². The highest BCUT2D eigenvalue weighted by Crippen LogP contribution is 2.23. The van der Waals surface area contributed by atoms with Crippen LogP contribution in [-0.2, 0) is 11.2 Å². The van der Waals surface area contributed by atoms with Crippen LogP contribution in [0, 0.1) is 24.2 Å². The van der Waals surface area contributed by atoms with Crippen molar-refractivity contribution >= 4 is 22.3 Å². The summed E-state index contributed by atoms with van der Waals surface area (Å²) in [6, 6.07) is 6.11. The fourth-order valence-electron chi connectivity index (χ4n) is 3.10. The second-order valence-corrected chi connectivity index (χ2v) is 7.41. The summed E-state index contributed by atoms with van der Waals surface area (Å²) in [4.78, 5) is 11.6. The largest absolute Gasteiger partial charge is 0.395 e. The van der Waals surface area contributed by atoms with Gasteiger partial charge in [-0.1, -0.05) is 17.4 Å². The Labute approximate surface area is 157 Å². The van der Waals surface area contributed by atoms with Crippen LogP contribution >= 0.6 is 11.3 Å². The van der Waals surface area contributed by atoms with E-state index in [1.54, 1.807) is 6.20 Å². The van der Waals surface area contributed by atoms with E-state index in [0.717, 1.165) is 44.2 Å². The minimum absolute atomic E-state index is 0.179. The molecule has 0 aromatic carbocycles. The Morgan fingerprint density at radius 1 is 1.50 bits per heavy atom. The zero-order valence-electron chi connectivity index (χ0n) is 14.8. The molecule has 138 valence electrons. The lowest BCUT2D eigenvalue weighted by Crippen LogP contribution is -2.33. The lowest BCUT2D eigenvalue weighted by atomic mass is 9.98. The first-order valence-corrected chi connectivity index (χ1v) is 9.50. The third-order valence-electron chi connectivity index (χ3n) is 4.39. The van der Waals surface area contributed by atoms with E-state index in [4.69, 9.17) is 10.00 Å². The maximum absolute atomic E-state index is 9.18. The number of hydrogen-bond acceptors (Lipinski definition) is 8. The van der Waals surface area contributed by atoms with Gasteiger partial charge in [0.25, 0.3) is 0 Å². The molecule has 3 rings (SSSR count). The number of rotatable bonds is 6. The number of nitriles is 1. The zero-order chi connectivity index (χ0) is 18.4. The molecule has 1 fully saturated rings. The van der Waals surface area contributed by atoms with Crippen molar-refractivity contribution in [1.82, 2.24) is 14.9 Å². The summed E-state index contributed by atoms with van der Waals surface area (Å²) < 4.78 is 5.72. The number of aliphatic hydroxyl groups excluding tert-OH is 1. The maximum atomic E-state index is 9.18. The molecule has 0 amide bonds. The quantitative estimate of drug-likeness (QED) is 0.799. The molecule has 26 heavy (non-hydrogen) atoms. The molecule has 1 aliphatic rings. The van der Waals surface area contributed by atoms with Crippen molar-refractivity contribution in [3.63, 3.8) is 0 Å². The van der Waals surface area contributed by atoms with Crippen LogP contribution in [0.15, 0.2) is 18.3 Å². The second-order valence-electron chi connectivity index (χ2n) is 6.38. The molecule has 8 heteroatoms. The van der Waals surface area contributed by atoms with Crippen molar-refractivity contribution < 1.29 is 9.84 Å². The summed E-state index contributed by atoms with van der Waals surface area (Å²) in [6.45, 7) is 6.13. The molecule has 3 heterocycles. The van der Waals surface area contributed by atoms with Crippen molar-refractivity contribution in [2.45, 2.75) is 13.3 Å². The van der Waals surface area contributed by atoms with E-state index in [1.165, 1.54) is 16.9 Å². The van der Waals surface area contributed by atoms with Crippen molar-refractivity contribution in [3.8, 4) is 6.07 Å². The molecule has 2 aromatic heterocycles. The van der Waals surface area contributed by atoms with Crippen LogP contribution in [-0.4, -0.2) is 59.4 Å². The number of hydrogen-bond donors (Lipinski definition) is 2. The van der Waals surface area contributed by atoms with Gasteiger partial charge in [-0.25, -0.2) is 9.97 Å². The summed E-state index contributed by atoms with van der Waals surface area (Å²) >= 11 is 1.31. The first-order valence-electron chi connectivity index (χ1n) is 8.68. The lowest BCUT2D eigenvalue weighted by Gasteiger charge is -2.22. The number of pyridine rings is 1. The standard InChI is InChI=1S/C18H23N5O2S/c1-13-15(8-14-11-23(4-6-24)5-7-25-12-14)2-3-17(21-13)22-18-20-10-16(9-19)26-18/h2-3,10,14,24H,4-8,11-12H2,1H3,(H,20,21,22)/t14-/m0/s1. The Kier molecular flexibility index (Phi) is 6.52. The Morgan fingerprint density at radius 2 is 2.38 bits per heavy atom. The van der Waals surface area contributed by atoms with Gasteiger partial charge in [-0.05, 0) is 30.9 Å². The fourth-order valence-corrected chi connectivity index (χ4v) is 3.72. The van der Waals surface area contributed by atoms with Gasteiger partial charge < -0.3 is 15.2 Å². The molecule has 1 atom stereocenters. The monoisotopic (exact) mass is 373 g/mol. The number of nitrogens with one attached hydrogen (secondary N) is 1. The Balaban J connectivity index is 1.64. The van der Waals surface area contributed by atoms with E-state index in [1.807, 2.05) is 13.0 Å². The molecule has 1 aliphatic heterocycles. The predicted molar refractivity (Wildman–Crippen MR) is 101 cm³/mol. The van der Waals surface area contributed by atoms with E-state index in [2.05, 4.69) is 32.3 Å². The van der Waals surface area contributed by atoms with E-state index in [9.17, 15) is 5.11 Å². The number of aromatic nitrogens is 2.